The topological polar surface area (TPSA) is 55.8 Å². The van der Waals surface area contributed by atoms with Gasteiger partial charge in [0, 0.05) is 38.0 Å². The van der Waals surface area contributed by atoms with E-state index in [4.69, 9.17) is 9.47 Å². The Morgan fingerprint density at radius 2 is 2.15 bits per heavy atom. The van der Waals surface area contributed by atoms with Crippen molar-refractivity contribution >= 4 is 5.78 Å². The van der Waals surface area contributed by atoms with Gasteiger partial charge in [0.2, 0.25) is 0 Å². The number of ether oxygens (including phenoxy) is 2. The summed E-state index contributed by atoms with van der Waals surface area (Å²) in [6.07, 6.45) is 8.66. The van der Waals surface area contributed by atoms with Gasteiger partial charge in [0.1, 0.15) is 17.5 Å². The molecule has 0 saturated carbocycles. The number of rotatable bonds is 7. The van der Waals surface area contributed by atoms with Crippen molar-refractivity contribution in [3.8, 4) is 0 Å². The van der Waals surface area contributed by atoms with Crippen molar-refractivity contribution in [1.82, 2.24) is 0 Å². The molecule has 3 rings (SSSR count). The monoisotopic (exact) mass is 362 g/mol. The molecule has 0 amide bonds. The molecule has 4 nitrogen and oxygen atoms in total. The van der Waals surface area contributed by atoms with Gasteiger partial charge in [0.15, 0.2) is 5.78 Å². The third kappa shape index (κ3) is 3.63. The molecule has 2 aliphatic carbocycles. The van der Waals surface area contributed by atoms with Crippen LogP contribution >= 0.6 is 0 Å². The van der Waals surface area contributed by atoms with E-state index in [9.17, 15) is 9.90 Å². The van der Waals surface area contributed by atoms with E-state index in [0.717, 1.165) is 56.3 Å². The zero-order chi connectivity index (χ0) is 18.9. The molecule has 146 valence electrons. The van der Waals surface area contributed by atoms with E-state index >= 15 is 0 Å². The van der Waals surface area contributed by atoms with E-state index in [1.807, 2.05) is 0 Å². The maximum atomic E-state index is 12.7. The van der Waals surface area contributed by atoms with Gasteiger partial charge in [-0.3, -0.25) is 4.79 Å². The molecule has 0 radical (unpaired) electrons. The summed E-state index contributed by atoms with van der Waals surface area (Å²) in [4.78, 5) is 12.7. The van der Waals surface area contributed by atoms with Crippen LogP contribution in [0.25, 0.3) is 0 Å². The van der Waals surface area contributed by atoms with E-state index in [1.54, 1.807) is 7.11 Å². The molecule has 26 heavy (non-hydrogen) atoms. The molecule has 0 unspecified atom stereocenters. The van der Waals surface area contributed by atoms with Crippen LogP contribution in [0.3, 0.4) is 0 Å². The van der Waals surface area contributed by atoms with Crippen molar-refractivity contribution in [3.63, 3.8) is 0 Å². The molecule has 0 aromatic heterocycles. The maximum absolute atomic E-state index is 12.7. The Morgan fingerprint density at radius 3 is 2.85 bits per heavy atom. The summed E-state index contributed by atoms with van der Waals surface area (Å²) in [6, 6.07) is 0. The number of methoxy groups -OCH3 is 1. The number of carbonyl (C=O) groups excluding carboxylic acids is 1. The van der Waals surface area contributed by atoms with Crippen molar-refractivity contribution in [3.05, 3.63) is 23.0 Å². The van der Waals surface area contributed by atoms with Crippen LogP contribution in [0.1, 0.15) is 65.7 Å². The lowest BCUT2D eigenvalue weighted by atomic mass is 9.73. The summed E-state index contributed by atoms with van der Waals surface area (Å²) in [7, 11) is 1.62. The minimum absolute atomic E-state index is 0.131. The van der Waals surface area contributed by atoms with Gasteiger partial charge in [0.05, 0.1) is 0 Å². The minimum atomic E-state index is -0.298. The van der Waals surface area contributed by atoms with Gasteiger partial charge in [0.25, 0.3) is 0 Å². The average Bonchev–Trinajstić information content (AvgIpc) is 2.96. The minimum Gasteiger partial charge on any atom is -0.491 e. The third-order valence-electron chi connectivity index (χ3n) is 6.71. The van der Waals surface area contributed by atoms with Crippen molar-refractivity contribution in [2.75, 3.05) is 13.7 Å². The Morgan fingerprint density at radius 1 is 1.38 bits per heavy atom. The first-order valence-electron chi connectivity index (χ1n) is 10.2. The molecule has 0 bridgehead atoms. The second-order valence-electron chi connectivity index (χ2n) is 8.73. The normalized spacial score (nSPS) is 33.3. The van der Waals surface area contributed by atoms with E-state index in [1.165, 1.54) is 5.57 Å². The molecule has 1 aliphatic heterocycles. The molecule has 1 N–H and O–H groups in total. The molecule has 1 heterocycles. The SMILES string of the molecule is CO[C@H]1CCC2=C(C[C@@H]3C([C@H](C)CCC[C@H](C)CO)=CC[C@]3(C)O2)C1=O. The number of fused-ring (bicyclic) bond motifs is 1. The van der Waals surface area contributed by atoms with Crippen LogP contribution in [0.5, 0.6) is 0 Å². The van der Waals surface area contributed by atoms with Gasteiger partial charge in [-0.15, -0.1) is 0 Å². The summed E-state index contributed by atoms with van der Waals surface area (Å²) >= 11 is 0. The summed E-state index contributed by atoms with van der Waals surface area (Å²) in [6.45, 7) is 6.87. The number of ketones is 1. The standard InChI is InChI=1S/C22H34O4/c1-14(13-23)6-5-7-15(2)16-10-11-22(3)18(16)12-17-19(26-22)8-9-20(25-4)21(17)24/h10,14-15,18,20,23H,5-9,11-13H2,1-4H3/t14-,15+,18+,20-,22-/m0/s1. The number of hydrogen-bond donors (Lipinski definition) is 1. The summed E-state index contributed by atoms with van der Waals surface area (Å²) in [5.74, 6) is 2.22. The molecular weight excluding hydrogens is 328 g/mol. The second kappa shape index (κ2) is 7.85. The number of aliphatic hydroxyl groups excluding tert-OH is 1. The fraction of sp³-hybridized carbons (Fsp3) is 0.773. The predicted octanol–water partition coefficient (Wildman–Crippen LogP) is 4.18. The fourth-order valence-corrected chi connectivity index (χ4v) is 4.89. The highest BCUT2D eigenvalue weighted by atomic mass is 16.5. The van der Waals surface area contributed by atoms with Gasteiger partial charge >= 0.3 is 0 Å². The van der Waals surface area contributed by atoms with Gasteiger partial charge in [-0.2, -0.15) is 0 Å². The van der Waals surface area contributed by atoms with Crippen molar-refractivity contribution in [2.24, 2.45) is 17.8 Å². The van der Waals surface area contributed by atoms with Gasteiger partial charge in [-0.25, -0.2) is 0 Å². The Labute approximate surface area is 157 Å². The first kappa shape index (κ1) is 19.6. The fourth-order valence-electron chi connectivity index (χ4n) is 4.89. The molecule has 4 heteroatoms. The number of hydrogen-bond acceptors (Lipinski definition) is 4. The summed E-state index contributed by atoms with van der Waals surface area (Å²) in [5.41, 5.74) is 2.14. The third-order valence-corrected chi connectivity index (χ3v) is 6.71. The quantitative estimate of drug-likeness (QED) is 0.690. The molecule has 3 aliphatic rings. The molecule has 0 saturated heterocycles. The van der Waals surface area contributed by atoms with Gasteiger partial charge < -0.3 is 14.6 Å². The van der Waals surface area contributed by atoms with Crippen molar-refractivity contribution < 1.29 is 19.4 Å². The molecule has 0 aromatic rings. The Kier molecular flexibility index (Phi) is 5.93. The summed E-state index contributed by atoms with van der Waals surface area (Å²) < 4.78 is 11.8. The molecule has 0 fully saturated rings. The zero-order valence-corrected chi connectivity index (χ0v) is 16.7. The highest BCUT2D eigenvalue weighted by molar-refractivity contribution is 6.00. The first-order valence-corrected chi connectivity index (χ1v) is 10.2. The van der Waals surface area contributed by atoms with Crippen LogP contribution in [0, 0.1) is 17.8 Å². The van der Waals surface area contributed by atoms with Crippen LogP contribution in [0.4, 0.5) is 0 Å². The number of aliphatic hydroxyl groups is 1. The lowest BCUT2D eigenvalue weighted by Gasteiger charge is -2.43. The maximum Gasteiger partial charge on any atom is 0.190 e. The van der Waals surface area contributed by atoms with E-state index < -0.39 is 0 Å². The van der Waals surface area contributed by atoms with Crippen LogP contribution in [0.15, 0.2) is 23.0 Å². The Balaban J connectivity index is 1.69. The Hall–Kier alpha value is -1.13. The van der Waals surface area contributed by atoms with E-state index in [2.05, 4.69) is 26.8 Å². The molecule has 0 aromatic carbocycles. The van der Waals surface area contributed by atoms with Crippen LogP contribution in [-0.2, 0) is 14.3 Å². The predicted molar refractivity (Wildman–Crippen MR) is 102 cm³/mol. The Bertz CT molecular complexity index is 605. The first-order chi connectivity index (χ1) is 12.4. The van der Waals surface area contributed by atoms with E-state index in [-0.39, 0.29) is 24.1 Å². The van der Waals surface area contributed by atoms with Crippen LogP contribution in [0.2, 0.25) is 0 Å². The second-order valence-corrected chi connectivity index (χ2v) is 8.73. The lowest BCUT2D eigenvalue weighted by Crippen LogP contribution is -2.43. The zero-order valence-electron chi connectivity index (χ0n) is 16.7. The number of allylic oxidation sites excluding steroid dienone is 1. The van der Waals surface area contributed by atoms with Crippen LogP contribution < -0.4 is 0 Å². The number of carbonyl (C=O) groups is 1. The van der Waals surface area contributed by atoms with Gasteiger partial charge in [-0.05, 0) is 44.4 Å². The van der Waals surface area contributed by atoms with Gasteiger partial charge in [-0.1, -0.05) is 31.9 Å². The van der Waals surface area contributed by atoms with Crippen LogP contribution in [-0.4, -0.2) is 36.3 Å². The summed E-state index contributed by atoms with van der Waals surface area (Å²) in [5, 5.41) is 9.20. The highest BCUT2D eigenvalue weighted by Crippen LogP contribution is 2.51. The molecule has 0 spiro atoms. The largest absolute Gasteiger partial charge is 0.491 e. The van der Waals surface area contributed by atoms with Crippen molar-refractivity contribution in [1.29, 1.82) is 0 Å². The lowest BCUT2D eigenvalue weighted by molar-refractivity contribution is -0.129. The highest BCUT2D eigenvalue weighted by Gasteiger charge is 2.49. The smallest absolute Gasteiger partial charge is 0.190 e. The molecular formula is C22H34O4. The van der Waals surface area contributed by atoms with E-state index in [0.29, 0.717) is 17.8 Å². The average molecular weight is 363 g/mol. The number of Topliss-reactive ketones (excluding diaryl/α,β-unsaturated/α-hetero) is 1. The van der Waals surface area contributed by atoms with Crippen molar-refractivity contribution in [2.45, 2.75) is 77.4 Å². The molecule has 5 atom stereocenters.